The summed E-state index contributed by atoms with van der Waals surface area (Å²) in [4.78, 5) is 12.7. The van der Waals surface area contributed by atoms with Gasteiger partial charge in [-0.3, -0.25) is 4.79 Å². The van der Waals surface area contributed by atoms with Crippen molar-refractivity contribution in [1.82, 2.24) is 0 Å². The fourth-order valence-electron chi connectivity index (χ4n) is 5.26. The Kier molecular flexibility index (Phi) is 7.79. The van der Waals surface area contributed by atoms with Crippen molar-refractivity contribution in [2.45, 2.75) is 90.9 Å². The molecule has 4 atom stereocenters. The number of rotatable bonds is 8. The van der Waals surface area contributed by atoms with E-state index in [1.807, 2.05) is 12.1 Å². The molecule has 1 aromatic rings. The summed E-state index contributed by atoms with van der Waals surface area (Å²) < 4.78 is 5.73. The van der Waals surface area contributed by atoms with E-state index in [0.29, 0.717) is 5.75 Å². The molecule has 0 bridgehead atoms. The summed E-state index contributed by atoms with van der Waals surface area (Å²) >= 11 is 0. The van der Waals surface area contributed by atoms with Crippen LogP contribution in [0, 0.1) is 23.7 Å². The molecule has 27 heavy (non-hydrogen) atoms. The molecule has 2 nitrogen and oxygen atoms in total. The molecule has 2 aliphatic rings. The Hall–Kier alpha value is -1.31. The van der Waals surface area contributed by atoms with Crippen LogP contribution in [0.5, 0.6) is 5.75 Å². The molecule has 0 aromatic heterocycles. The highest BCUT2D eigenvalue weighted by molar-refractivity contribution is 5.75. The van der Waals surface area contributed by atoms with Gasteiger partial charge in [0, 0.05) is 0 Å². The van der Waals surface area contributed by atoms with Gasteiger partial charge in [0.25, 0.3) is 0 Å². The minimum absolute atomic E-state index is 0.00265. The summed E-state index contributed by atoms with van der Waals surface area (Å²) in [5, 5.41) is 0. The van der Waals surface area contributed by atoms with Crippen LogP contribution in [0.3, 0.4) is 0 Å². The van der Waals surface area contributed by atoms with Gasteiger partial charge >= 0.3 is 5.97 Å². The van der Waals surface area contributed by atoms with Crippen LogP contribution in [0.4, 0.5) is 0 Å². The number of esters is 1. The van der Waals surface area contributed by atoms with Gasteiger partial charge in [-0.15, -0.1) is 0 Å². The summed E-state index contributed by atoms with van der Waals surface area (Å²) in [5.41, 5.74) is 1.33. The van der Waals surface area contributed by atoms with Gasteiger partial charge in [-0.1, -0.05) is 58.1 Å². The van der Waals surface area contributed by atoms with Gasteiger partial charge in [0.05, 0.1) is 5.92 Å². The van der Waals surface area contributed by atoms with Gasteiger partial charge in [0.2, 0.25) is 0 Å². The molecule has 2 saturated carbocycles. The second kappa shape index (κ2) is 10.3. The van der Waals surface area contributed by atoms with Crippen LogP contribution in [-0.2, 0) is 11.2 Å². The number of carbonyl (C=O) groups is 1. The van der Waals surface area contributed by atoms with Crippen LogP contribution in [0.2, 0.25) is 0 Å². The first-order chi connectivity index (χ1) is 13.2. The largest absolute Gasteiger partial charge is 0.426 e. The first kappa shape index (κ1) is 20.4. The minimum atomic E-state index is 0.00265. The van der Waals surface area contributed by atoms with E-state index in [-0.39, 0.29) is 11.9 Å². The number of fused-ring (bicyclic) bond motifs is 1. The van der Waals surface area contributed by atoms with Crippen molar-refractivity contribution in [2.24, 2.45) is 23.7 Å². The van der Waals surface area contributed by atoms with Crippen molar-refractivity contribution in [1.29, 1.82) is 0 Å². The van der Waals surface area contributed by atoms with Crippen molar-refractivity contribution in [2.75, 3.05) is 0 Å². The average molecular weight is 371 g/mol. The SMILES string of the molecule is CCCCc1ccc(OC(=O)C2CCC3CC(CCCC)CCC3C2)cc1. The number of aryl methyl sites for hydroxylation is 1. The zero-order valence-electron chi connectivity index (χ0n) is 17.4. The molecule has 0 radical (unpaired) electrons. The van der Waals surface area contributed by atoms with Crippen LogP contribution in [-0.4, -0.2) is 5.97 Å². The van der Waals surface area contributed by atoms with Crippen LogP contribution in [0.1, 0.15) is 90.0 Å². The zero-order valence-corrected chi connectivity index (χ0v) is 17.4. The molecule has 0 amide bonds. The lowest BCUT2D eigenvalue weighted by molar-refractivity contribution is -0.141. The van der Waals surface area contributed by atoms with Crippen LogP contribution >= 0.6 is 0 Å². The molecule has 1 aromatic carbocycles. The fraction of sp³-hybridized carbons (Fsp3) is 0.720. The molecule has 150 valence electrons. The summed E-state index contributed by atoms with van der Waals surface area (Å²) in [6.07, 6.45) is 15.1. The van der Waals surface area contributed by atoms with Crippen LogP contribution in [0.15, 0.2) is 24.3 Å². The number of hydrogen-bond donors (Lipinski definition) is 0. The smallest absolute Gasteiger partial charge is 0.314 e. The van der Waals surface area contributed by atoms with Gasteiger partial charge in [0.1, 0.15) is 5.75 Å². The second-order valence-electron chi connectivity index (χ2n) is 9.02. The van der Waals surface area contributed by atoms with Crippen molar-refractivity contribution < 1.29 is 9.53 Å². The van der Waals surface area contributed by atoms with Gasteiger partial charge < -0.3 is 4.74 Å². The van der Waals surface area contributed by atoms with E-state index in [0.717, 1.165) is 37.0 Å². The Morgan fingerprint density at radius 1 is 0.926 bits per heavy atom. The number of ether oxygens (including phenoxy) is 1. The molecular weight excluding hydrogens is 332 g/mol. The van der Waals surface area contributed by atoms with E-state index >= 15 is 0 Å². The predicted molar refractivity (Wildman–Crippen MR) is 112 cm³/mol. The Bertz CT molecular complexity index is 576. The standard InChI is InChI=1S/C25H38O2/c1-3-5-7-19-10-15-24(16-11-19)27-25(26)23-14-13-21-17-20(8-6-4-2)9-12-22(21)18-23/h10-11,15-16,20-23H,3-9,12-14,17-18H2,1-2H3. The Balaban J connectivity index is 1.47. The maximum atomic E-state index is 12.7. The van der Waals surface area contributed by atoms with Crippen molar-refractivity contribution in [3.63, 3.8) is 0 Å². The highest BCUT2D eigenvalue weighted by atomic mass is 16.5. The normalized spacial score (nSPS) is 27.8. The minimum Gasteiger partial charge on any atom is -0.426 e. The average Bonchev–Trinajstić information content (AvgIpc) is 2.71. The van der Waals surface area contributed by atoms with E-state index in [1.165, 1.54) is 63.4 Å². The van der Waals surface area contributed by atoms with Crippen LogP contribution in [0.25, 0.3) is 0 Å². The molecule has 0 N–H and O–H groups in total. The van der Waals surface area contributed by atoms with Gasteiger partial charge in [-0.2, -0.15) is 0 Å². The lowest BCUT2D eigenvalue weighted by atomic mass is 9.64. The Labute approximate surface area is 166 Å². The van der Waals surface area contributed by atoms with Crippen molar-refractivity contribution in [3.05, 3.63) is 29.8 Å². The number of benzene rings is 1. The first-order valence-corrected chi connectivity index (χ1v) is 11.5. The Morgan fingerprint density at radius 2 is 1.63 bits per heavy atom. The van der Waals surface area contributed by atoms with Gasteiger partial charge in [-0.05, 0) is 80.4 Å². The van der Waals surface area contributed by atoms with E-state index in [1.54, 1.807) is 0 Å². The molecular formula is C25H38O2. The molecule has 0 aliphatic heterocycles. The molecule has 4 unspecified atom stereocenters. The van der Waals surface area contributed by atoms with E-state index in [9.17, 15) is 4.79 Å². The summed E-state index contributed by atoms with van der Waals surface area (Å²) in [7, 11) is 0. The maximum Gasteiger partial charge on any atom is 0.314 e. The maximum absolute atomic E-state index is 12.7. The first-order valence-electron chi connectivity index (χ1n) is 11.5. The lowest BCUT2D eigenvalue weighted by Gasteiger charge is -2.41. The third-order valence-corrected chi connectivity index (χ3v) is 6.98. The van der Waals surface area contributed by atoms with Crippen molar-refractivity contribution in [3.8, 4) is 5.75 Å². The molecule has 0 spiro atoms. The molecule has 0 saturated heterocycles. The summed E-state index contributed by atoms with van der Waals surface area (Å²) in [5.74, 6) is 3.39. The Morgan fingerprint density at radius 3 is 2.37 bits per heavy atom. The third kappa shape index (κ3) is 5.83. The monoisotopic (exact) mass is 370 g/mol. The zero-order chi connectivity index (χ0) is 19.1. The second-order valence-corrected chi connectivity index (χ2v) is 9.02. The van der Waals surface area contributed by atoms with E-state index < -0.39 is 0 Å². The molecule has 2 aliphatic carbocycles. The lowest BCUT2D eigenvalue weighted by Crippen LogP contribution is -2.35. The van der Waals surface area contributed by atoms with Gasteiger partial charge in [-0.25, -0.2) is 0 Å². The quantitative estimate of drug-likeness (QED) is 0.365. The number of hydrogen-bond acceptors (Lipinski definition) is 2. The third-order valence-electron chi connectivity index (χ3n) is 6.98. The van der Waals surface area contributed by atoms with Gasteiger partial charge in [0.15, 0.2) is 0 Å². The fourth-order valence-corrected chi connectivity index (χ4v) is 5.26. The summed E-state index contributed by atoms with van der Waals surface area (Å²) in [6, 6.07) is 8.14. The highest BCUT2D eigenvalue weighted by Gasteiger charge is 2.38. The topological polar surface area (TPSA) is 26.3 Å². The number of carbonyl (C=O) groups excluding carboxylic acids is 1. The van der Waals surface area contributed by atoms with E-state index in [2.05, 4.69) is 26.0 Å². The molecule has 2 fully saturated rings. The predicted octanol–water partition coefficient (Wildman–Crippen LogP) is 6.96. The van der Waals surface area contributed by atoms with Crippen molar-refractivity contribution >= 4 is 5.97 Å². The van der Waals surface area contributed by atoms with E-state index in [4.69, 9.17) is 4.74 Å². The molecule has 0 heterocycles. The molecule has 2 heteroatoms. The highest BCUT2D eigenvalue weighted by Crippen LogP contribution is 2.46. The summed E-state index contributed by atoms with van der Waals surface area (Å²) in [6.45, 7) is 4.50. The molecule has 3 rings (SSSR count). The van der Waals surface area contributed by atoms with Crippen LogP contribution < -0.4 is 4.74 Å². The number of unbranched alkanes of at least 4 members (excludes halogenated alkanes) is 2.